The van der Waals surface area contributed by atoms with Crippen molar-refractivity contribution >= 4 is 35.0 Å². The quantitative estimate of drug-likeness (QED) is 0.244. The van der Waals surface area contributed by atoms with Crippen molar-refractivity contribution in [1.82, 2.24) is 14.8 Å². The van der Waals surface area contributed by atoms with Crippen molar-refractivity contribution in [2.24, 2.45) is 0 Å². The number of benzene rings is 3. The summed E-state index contributed by atoms with van der Waals surface area (Å²) in [6.07, 6.45) is -4.63. The lowest BCUT2D eigenvalue weighted by Crippen LogP contribution is -2.15. The predicted octanol–water partition coefficient (Wildman–Crippen LogP) is 7.94. The van der Waals surface area contributed by atoms with Gasteiger partial charge in [-0.3, -0.25) is 9.36 Å². The molecule has 1 N–H and O–H groups in total. The molecule has 5 nitrogen and oxygen atoms in total. The van der Waals surface area contributed by atoms with E-state index in [1.165, 1.54) is 11.6 Å². The van der Waals surface area contributed by atoms with E-state index in [0.717, 1.165) is 40.7 Å². The molecule has 0 radical (unpaired) electrons. The first-order valence-corrected chi connectivity index (χ1v) is 13.1. The van der Waals surface area contributed by atoms with Gasteiger partial charge in [-0.1, -0.05) is 86.1 Å². The van der Waals surface area contributed by atoms with Gasteiger partial charge in [0.2, 0.25) is 5.91 Å². The topological polar surface area (TPSA) is 59.8 Å². The van der Waals surface area contributed by atoms with Crippen LogP contribution < -0.4 is 5.32 Å². The summed E-state index contributed by atoms with van der Waals surface area (Å²) in [5.41, 5.74) is 2.96. The Kier molecular flexibility index (Phi) is 7.90. The molecule has 0 unspecified atom stereocenters. The molecule has 4 aromatic rings. The second-order valence-electron chi connectivity index (χ2n) is 9.83. The Morgan fingerprint density at radius 3 is 2.24 bits per heavy atom. The van der Waals surface area contributed by atoms with Crippen molar-refractivity contribution < 1.29 is 18.0 Å². The van der Waals surface area contributed by atoms with Crippen molar-refractivity contribution in [3.63, 3.8) is 0 Å². The maximum Gasteiger partial charge on any atom is 0.417 e. The third-order valence-electron chi connectivity index (χ3n) is 5.82. The molecule has 0 aliphatic rings. The van der Waals surface area contributed by atoms with Gasteiger partial charge in [0.25, 0.3) is 0 Å². The maximum atomic E-state index is 13.2. The van der Waals surface area contributed by atoms with Crippen LogP contribution in [0.4, 0.5) is 18.9 Å². The second kappa shape index (κ2) is 10.8. The van der Waals surface area contributed by atoms with Gasteiger partial charge >= 0.3 is 6.18 Å². The number of nitrogens with one attached hydrogen (secondary N) is 1. The molecule has 0 saturated carbocycles. The lowest BCUT2D eigenvalue weighted by Gasteiger charge is -2.19. The van der Waals surface area contributed by atoms with Gasteiger partial charge in [-0.2, -0.15) is 13.2 Å². The number of aromatic nitrogens is 3. The monoisotopic (exact) mass is 558 g/mol. The highest BCUT2D eigenvalue weighted by Gasteiger charge is 2.33. The molecule has 10 heteroatoms. The van der Waals surface area contributed by atoms with E-state index in [1.807, 2.05) is 47.9 Å². The number of thioether (sulfide) groups is 1. The van der Waals surface area contributed by atoms with E-state index < -0.39 is 22.7 Å². The first kappa shape index (κ1) is 27.7. The van der Waals surface area contributed by atoms with Gasteiger partial charge in [-0.15, -0.1) is 10.2 Å². The van der Waals surface area contributed by atoms with Crippen LogP contribution in [0.15, 0.2) is 71.9 Å². The number of rotatable bonds is 6. The zero-order valence-corrected chi connectivity index (χ0v) is 22.8. The van der Waals surface area contributed by atoms with Gasteiger partial charge in [-0.25, -0.2) is 0 Å². The summed E-state index contributed by atoms with van der Waals surface area (Å²) in [7, 11) is 0. The van der Waals surface area contributed by atoms with E-state index in [0.29, 0.717) is 11.0 Å². The van der Waals surface area contributed by atoms with E-state index in [4.69, 9.17) is 11.6 Å². The Labute approximate surface area is 228 Å². The Morgan fingerprint density at radius 2 is 1.63 bits per heavy atom. The molecule has 1 aromatic heterocycles. The van der Waals surface area contributed by atoms with Crippen molar-refractivity contribution in [2.45, 2.75) is 44.4 Å². The molecule has 0 atom stereocenters. The summed E-state index contributed by atoms with van der Waals surface area (Å²) in [6, 6.07) is 19.2. The molecule has 3 aromatic carbocycles. The molecule has 198 valence electrons. The molecule has 1 amide bonds. The molecular formula is C28H26ClF3N4OS. The first-order chi connectivity index (χ1) is 17.8. The fraction of sp³-hybridized carbons (Fsp3) is 0.250. The van der Waals surface area contributed by atoms with Crippen LogP contribution in [-0.4, -0.2) is 26.4 Å². The minimum atomic E-state index is -4.63. The first-order valence-electron chi connectivity index (χ1n) is 11.8. The zero-order chi connectivity index (χ0) is 27.7. The highest BCUT2D eigenvalue weighted by Crippen LogP contribution is 2.36. The highest BCUT2D eigenvalue weighted by molar-refractivity contribution is 7.99. The van der Waals surface area contributed by atoms with Crippen LogP contribution >= 0.6 is 23.4 Å². The Hall–Kier alpha value is -3.30. The highest BCUT2D eigenvalue weighted by atomic mass is 35.5. The van der Waals surface area contributed by atoms with Crippen LogP contribution in [0.2, 0.25) is 5.02 Å². The summed E-state index contributed by atoms with van der Waals surface area (Å²) in [4.78, 5) is 12.6. The normalized spacial score (nSPS) is 12.0. The van der Waals surface area contributed by atoms with Gasteiger partial charge in [0.15, 0.2) is 11.0 Å². The van der Waals surface area contributed by atoms with Crippen molar-refractivity contribution in [1.29, 1.82) is 0 Å². The van der Waals surface area contributed by atoms with E-state index in [-0.39, 0.29) is 16.9 Å². The smallest absolute Gasteiger partial charge is 0.325 e. The maximum absolute atomic E-state index is 13.2. The Bertz CT molecular complexity index is 1440. The predicted molar refractivity (Wildman–Crippen MR) is 146 cm³/mol. The van der Waals surface area contributed by atoms with Crippen LogP contribution in [-0.2, 0) is 16.4 Å². The minimum Gasteiger partial charge on any atom is -0.325 e. The van der Waals surface area contributed by atoms with Crippen LogP contribution in [0.5, 0.6) is 0 Å². The lowest BCUT2D eigenvalue weighted by molar-refractivity contribution is -0.137. The zero-order valence-electron chi connectivity index (χ0n) is 21.2. The molecule has 0 aliphatic heterocycles. The average Bonchev–Trinajstić information content (AvgIpc) is 3.27. The molecule has 0 bridgehead atoms. The number of halogens is 4. The van der Waals surface area contributed by atoms with Crippen LogP contribution in [0.3, 0.4) is 0 Å². The third-order valence-corrected chi connectivity index (χ3v) is 7.08. The van der Waals surface area contributed by atoms with E-state index in [9.17, 15) is 18.0 Å². The number of nitrogens with zero attached hydrogens (tertiary/aromatic N) is 3. The summed E-state index contributed by atoms with van der Waals surface area (Å²) in [5.74, 6) is 0.0430. The molecule has 0 saturated heterocycles. The Balaban J connectivity index is 1.59. The summed E-state index contributed by atoms with van der Waals surface area (Å²) in [6.45, 7) is 8.42. The molecular weight excluding hydrogens is 533 g/mol. The number of carbonyl (C=O) groups is 1. The SMILES string of the molecule is Cc1ccc(-n2c(SCC(=O)Nc3ccc(Cl)c(C(F)(F)F)c3)nnc2-c2ccc(C(C)(C)C)cc2)cc1. The van der Waals surface area contributed by atoms with E-state index >= 15 is 0 Å². The lowest BCUT2D eigenvalue weighted by atomic mass is 9.87. The number of hydrogen-bond donors (Lipinski definition) is 1. The number of amides is 1. The van der Waals surface area contributed by atoms with Gasteiger partial charge < -0.3 is 5.32 Å². The third kappa shape index (κ3) is 6.39. The van der Waals surface area contributed by atoms with Crippen LogP contribution in [0.1, 0.15) is 37.5 Å². The molecule has 0 aliphatic carbocycles. The van der Waals surface area contributed by atoms with Gasteiger partial charge in [0, 0.05) is 16.9 Å². The minimum absolute atomic E-state index is 0.00246. The fourth-order valence-electron chi connectivity index (χ4n) is 3.74. The van der Waals surface area contributed by atoms with Crippen molar-refractivity contribution in [3.05, 3.63) is 88.4 Å². The van der Waals surface area contributed by atoms with E-state index in [2.05, 4.69) is 48.4 Å². The second-order valence-corrected chi connectivity index (χ2v) is 11.2. The van der Waals surface area contributed by atoms with Gasteiger partial charge in [0.05, 0.1) is 16.3 Å². The summed E-state index contributed by atoms with van der Waals surface area (Å²) >= 11 is 6.81. The average molecular weight is 559 g/mol. The molecule has 4 rings (SSSR count). The summed E-state index contributed by atoms with van der Waals surface area (Å²) in [5, 5.41) is 11.3. The number of carbonyl (C=O) groups excluding carboxylic acids is 1. The largest absolute Gasteiger partial charge is 0.417 e. The number of hydrogen-bond acceptors (Lipinski definition) is 4. The number of anilines is 1. The number of aryl methyl sites for hydroxylation is 1. The van der Waals surface area contributed by atoms with Crippen LogP contribution in [0.25, 0.3) is 17.1 Å². The number of alkyl halides is 3. The fourth-order valence-corrected chi connectivity index (χ4v) is 4.72. The standard InChI is InChI=1S/C28H26ClF3N4OS/c1-17-5-12-21(13-6-17)36-25(18-7-9-19(10-8-18)27(2,3)4)34-35-26(36)38-16-24(37)33-20-11-14-23(29)22(15-20)28(30,31)32/h5-15H,16H2,1-4H3,(H,33,37). The molecule has 38 heavy (non-hydrogen) atoms. The van der Waals surface area contributed by atoms with Crippen molar-refractivity contribution in [3.8, 4) is 17.1 Å². The van der Waals surface area contributed by atoms with Gasteiger partial charge in [-0.05, 0) is 48.2 Å². The van der Waals surface area contributed by atoms with E-state index in [1.54, 1.807) is 0 Å². The van der Waals surface area contributed by atoms with Crippen LogP contribution in [0, 0.1) is 6.92 Å². The van der Waals surface area contributed by atoms with Crippen molar-refractivity contribution in [2.75, 3.05) is 11.1 Å². The molecule has 0 fully saturated rings. The Morgan fingerprint density at radius 1 is 0.974 bits per heavy atom. The molecule has 1 heterocycles. The molecule has 0 spiro atoms. The van der Waals surface area contributed by atoms with Gasteiger partial charge in [0.1, 0.15) is 0 Å². The summed E-state index contributed by atoms with van der Waals surface area (Å²) < 4.78 is 41.4.